The molecule has 146 valence electrons. The van der Waals surface area contributed by atoms with Crippen LogP contribution in [-0.4, -0.2) is 5.78 Å². The molecule has 0 amide bonds. The lowest BCUT2D eigenvalue weighted by molar-refractivity contribution is 0.104. The smallest absolute Gasteiger partial charge is 0.194 e. The predicted octanol–water partition coefficient (Wildman–Crippen LogP) is 7.82. The summed E-state index contributed by atoms with van der Waals surface area (Å²) in [6.45, 7) is 4.19. The van der Waals surface area contributed by atoms with Gasteiger partial charge in [-0.05, 0) is 73.5 Å². The number of benzene rings is 4. The van der Waals surface area contributed by atoms with Gasteiger partial charge in [0.15, 0.2) is 5.78 Å². The van der Waals surface area contributed by atoms with Crippen LogP contribution < -0.4 is 0 Å². The first-order chi connectivity index (χ1) is 14.6. The second kappa shape index (κ2) is 7.82. The number of carbonyl (C=O) groups is 1. The SMILES string of the molecule is Cc1cccc(Sc2ccc3c(c2)C(=O)c2cc(Sc4cccc(C)c4)ccc2-3)c1. The van der Waals surface area contributed by atoms with Crippen LogP contribution in [0.4, 0.5) is 0 Å². The second-order valence-electron chi connectivity index (χ2n) is 7.58. The van der Waals surface area contributed by atoms with E-state index < -0.39 is 0 Å². The van der Waals surface area contributed by atoms with Crippen molar-refractivity contribution >= 4 is 29.3 Å². The van der Waals surface area contributed by atoms with E-state index in [0.717, 1.165) is 32.0 Å². The van der Waals surface area contributed by atoms with Crippen molar-refractivity contribution in [3.8, 4) is 11.1 Å². The Morgan fingerprint density at radius 1 is 0.500 bits per heavy atom. The van der Waals surface area contributed by atoms with Gasteiger partial charge in [0.1, 0.15) is 0 Å². The summed E-state index contributed by atoms with van der Waals surface area (Å²) in [4.78, 5) is 17.8. The van der Waals surface area contributed by atoms with E-state index in [0.29, 0.717) is 0 Å². The van der Waals surface area contributed by atoms with Crippen molar-refractivity contribution in [2.24, 2.45) is 0 Å². The second-order valence-corrected chi connectivity index (χ2v) is 9.87. The molecule has 1 aliphatic rings. The molecule has 0 aromatic heterocycles. The Kier molecular flexibility index (Phi) is 5.01. The molecule has 4 aromatic carbocycles. The number of hydrogen-bond donors (Lipinski definition) is 0. The Morgan fingerprint density at radius 3 is 1.37 bits per heavy atom. The lowest BCUT2D eigenvalue weighted by Crippen LogP contribution is -1.95. The van der Waals surface area contributed by atoms with Crippen LogP contribution in [0.15, 0.2) is 105 Å². The first-order valence-electron chi connectivity index (χ1n) is 9.89. The van der Waals surface area contributed by atoms with Gasteiger partial charge in [-0.25, -0.2) is 0 Å². The van der Waals surface area contributed by atoms with Gasteiger partial charge in [-0.1, -0.05) is 71.0 Å². The monoisotopic (exact) mass is 424 g/mol. The van der Waals surface area contributed by atoms with E-state index in [1.54, 1.807) is 23.5 Å². The highest BCUT2D eigenvalue weighted by Crippen LogP contribution is 2.42. The molecule has 1 nitrogen and oxygen atoms in total. The third-order valence-corrected chi connectivity index (χ3v) is 7.17. The van der Waals surface area contributed by atoms with Crippen molar-refractivity contribution in [3.63, 3.8) is 0 Å². The first-order valence-corrected chi connectivity index (χ1v) is 11.5. The number of aryl methyl sites for hydroxylation is 2. The molecule has 0 bridgehead atoms. The van der Waals surface area contributed by atoms with Crippen molar-refractivity contribution < 1.29 is 4.79 Å². The number of rotatable bonds is 4. The van der Waals surface area contributed by atoms with Crippen molar-refractivity contribution in [3.05, 3.63) is 107 Å². The van der Waals surface area contributed by atoms with Gasteiger partial charge in [-0.2, -0.15) is 0 Å². The fourth-order valence-corrected chi connectivity index (χ4v) is 5.75. The third kappa shape index (κ3) is 3.71. The van der Waals surface area contributed by atoms with Crippen LogP contribution in [0.3, 0.4) is 0 Å². The van der Waals surface area contributed by atoms with Crippen LogP contribution >= 0.6 is 23.5 Å². The van der Waals surface area contributed by atoms with Crippen LogP contribution in [0.2, 0.25) is 0 Å². The van der Waals surface area contributed by atoms with Crippen LogP contribution in [0, 0.1) is 13.8 Å². The molecular weight excluding hydrogens is 404 g/mol. The summed E-state index contributed by atoms with van der Waals surface area (Å²) >= 11 is 3.40. The fourth-order valence-electron chi connectivity index (χ4n) is 3.79. The molecule has 0 aliphatic heterocycles. The zero-order valence-corrected chi connectivity index (χ0v) is 18.4. The minimum Gasteiger partial charge on any atom is -0.289 e. The molecule has 3 heteroatoms. The van der Waals surface area contributed by atoms with Gasteiger partial charge in [0.2, 0.25) is 0 Å². The molecular formula is C27H20OS2. The van der Waals surface area contributed by atoms with Gasteiger partial charge < -0.3 is 0 Å². The Bertz CT molecular complexity index is 1190. The maximum atomic E-state index is 13.2. The van der Waals surface area contributed by atoms with Crippen LogP contribution in [0.5, 0.6) is 0 Å². The van der Waals surface area contributed by atoms with Gasteiger partial charge >= 0.3 is 0 Å². The average molecular weight is 425 g/mol. The summed E-state index contributed by atoms with van der Waals surface area (Å²) in [7, 11) is 0. The Balaban J connectivity index is 1.44. The first kappa shape index (κ1) is 19.2. The molecule has 0 heterocycles. The summed E-state index contributed by atoms with van der Waals surface area (Å²) in [5.74, 6) is 0.124. The lowest BCUT2D eigenvalue weighted by Gasteiger charge is -2.06. The molecule has 0 N–H and O–H groups in total. The normalized spacial score (nSPS) is 12.0. The Morgan fingerprint density at radius 2 is 0.933 bits per heavy atom. The van der Waals surface area contributed by atoms with Gasteiger partial charge in [-0.15, -0.1) is 0 Å². The molecule has 0 saturated heterocycles. The van der Waals surface area contributed by atoms with Crippen LogP contribution in [0.1, 0.15) is 27.0 Å². The summed E-state index contributed by atoms with van der Waals surface area (Å²) in [6, 6.07) is 29.4. The number of ketones is 1. The molecule has 0 atom stereocenters. The fraction of sp³-hybridized carbons (Fsp3) is 0.0741. The van der Waals surface area contributed by atoms with E-state index in [4.69, 9.17) is 0 Å². The van der Waals surface area contributed by atoms with Crippen LogP contribution in [0.25, 0.3) is 11.1 Å². The van der Waals surface area contributed by atoms with Crippen molar-refractivity contribution in [1.29, 1.82) is 0 Å². The summed E-state index contributed by atoms with van der Waals surface area (Å²) < 4.78 is 0. The zero-order chi connectivity index (χ0) is 20.7. The predicted molar refractivity (Wildman–Crippen MR) is 126 cm³/mol. The molecule has 0 radical (unpaired) electrons. The molecule has 0 saturated carbocycles. The van der Waals surface area contributed by atoms with Gasteiger partial charge in [0, 0.05) is 30.7 Å². The van der Waals surface area contributed by atoms with Gasteiger partial charge in [-0.3, -0.25) is 4.79 Å². The van der Waals surface area contributed by atoms with E-state index >= 15 is 0 Å². The van der Waals surface area contributed by atoms with Gasteiger partial charge in [0.05, 0.1) is 0 Å². The Labute approximate surface area is 185 Å². The lowest BCUT2D eigenvalue weighted by atomic mass is 10.1. The quantitative estimate of drug-likeness (QED) is 0.293. The minimum atomic E-state index is 0.124. The van der Waals surface area contributed by atoms with E-state index in [-0.39, 0.29) is 5.78 Å². The Hall–Kier alpha value is -2.75. The largest absolute Gasteiger partial charge is 0.289 e. The standard InChI is InChI=1S/C27H20OS2/c1-17-5-3-7-19(13-17)29-21-9-11-23-24-12-10-22(16-26(24)27(28)25(23)15-21)30-20-8-4-6-18(2)14-20/h3-16H,1-2H3. The van der Waals surface area contributed by atoms with Crippen LogP contribution in [-0.2, 0) is 0 Å². The van der Waals surface area contributed by atoms with Gasteiger partial charge in [0.25, 0.3) is 0 Å². The molecule has 0 fully saturated rings. The maximum Gasteiger partial charge on any atom is 0.194 e. The average Bonchev–Trinajstić information content (AvgIpc) is 3.00. The topological polar surface area (TPSA) is 17.1 Å². The summed E-state index contributed by atoms with van der Waals surface area (Å²) in [6.07, 6.45) is 0. The van der Waals surface area contributed by atoms with E-state index in [1.165, 1.54) is 20.9 Å². The molecule has 5 rings (SSSR count). The number of hydrogen-bond acceptors (Lipinski definition) is 3. The minimum absolute atomic E-state index is 0.124. The van der Waals surface area contributed by atoms with Crippen molar-refractivity contribution in [2.75, 3.05) is 0 Å². The highest BCUT2D eigenvalue weighted by molar-refractivity contribution is 7.99. The molecule has 4 aromatic rings. The number of fused-ring (bicyclic) bond motifs is 3. The zero-order valence-electron chi connectivity index (χ0n) is 16.8. The third-order valence-electron chi connectivity index (χ3n) is 5.21. The highest BCUT2D eigenvalue weighted by atomic mass is 32.2. The van der Waals surface area contributed by atoms with E-state index in [9.17, 15) is 4.79 Å². The molecule has 30 heavy (non-hydrogen) atoms. The maximum absolute atomic E-state index is 13.2. The molecule has 0 unspecified atom stereocenters. The van der Waals surface area contributed by atoms with E-state index in [1.807, 2.05) is 12.1 Å². The van der Waals surface area contributed by atoms with Crippen molar-refractivity contribution in [2.45, 2.75) is 33.4 Å². The highest BCUT2D eigenvalue weighted by Gasteiger charge is 2.27. The molecule has 0 spiro atoms. The summed E-state index contributed by atoms with van der Waals surface area (Å²) in [5.41, 5.74) is 6.17. The van der Waals surface area contributed by atoms with Crippen molar-refractivity contribution in [1.82, 2.24) is 0 Å². The van der Waals surface area contributed by atoms with E-state index in [2.05, 4.69) is 86.6 Å². The number of carbonyl (C=O) groups excluding carboxylic acids is 1. The summed E-state index contributed by atoms with van der Waals surface area (Å²) in [5, 5.41) is 0. The molecule has 1 aliphatic carbocycles.